The summed E-state index contributed by atoms with van der Waals surface area (Å²) >= 11 is 0. The van der Waals surface area contributed by atoms with E-state index in [0.29, 0.717) is 0 Å². The highest BCUT2D eigenvalue weighted by Gasteiger charge is 1.97. The fourth-order valence-electron chi connectivity index (χ4n) is 4.48. The molecule has 32 heavy (non-hydrogen) atoms. The molecular formula is C30H62S2. The highest BCUT2D eigenvalue weighted by molar-refractivity contribution is 8.76. The molecule has 194 valence electrons. The van der Waals surface area contributed by atoms with Gasteiger partial charge in [0, 0.05) is 11.5 Å². The molecule has 0 aliphatic carbocycles. The Morgan fingerprint density at radius 2 is 0.438 bits per heavy atom. The molecule has 0 saturated heterocycles. The molecule has 0 aromatic carbocycles. The predicted molar refractivity (Wildman–Crippen MR) is 156 cm³/mol. The Morgan fingerprint density at radius 1 is 0.250 bits per heavy atom. The van der Waals surface area contributed by atoms with Crippen LogP contribution in [0.3, 0.4) is 0 Å². The van der Waals surface area contributed by atoms with Crippen LogP contribution in [-0.2, 0) is 0 Å². The van der Waals surface area contributed by atoms with Crippen molar-refractivity contribution >= 4 is 21.6 Å². The minimum absolute atomic E-state index is 1.37. The second-order valence-corrected chi connectivity index (χ2v) is 12.8. The minimum atomic E-state index is 1.37. The molecular weight excluding hydrogens is 424 g/mol. The maximum atomic E-state index is 2.30. The summed E-state index contributed by atoms with van der Waals surface area (Å²) in [6, 6.07) is 0. The number of rotatable bonds is 29. The average molecular weight is 487 g/mol. The van der Waals surface area contributed by atoms with Gasteiger partial charge in [0.05, 0.1) is 0 Å². The lowest BCUT2D eigenvalue weighted by molar-refractivity contribution is 0.535. The third-order valence-electron chi connectivity index (χ3n) is 6.75. The van der Waals surface area contributed by atoms with Crippen molar-refractivity contribution < 1.29 is 0 Å². The summed E-state index contributed by atoms with van der Waals surface area (Å²) in [5, 5.41) is 0. The average Bonchev–Trinajstić information content (AvgIpc) is 2.81. The summed E-state index contributed by atoms with van der Waals surface area (Å²) in [6.07, 6.45) is 38.0. The van der Waals surface area contributed by atoms with E-state index in [9.17, 15) is 0 Å². The van der Waals surface area contributed by atoms with E-state index in [2.05, 4.69) is 35.4 Å². The summed E-state index contributed by atoms with van der Waals surface area (Å²) in [4.78, 5) is 0. The SMILES string of the molecule is CCCCCCCCCCCCCCCCCSSCCCCCCCCCCCCC. The van der Waals surface area contributed by atoms with Crippen molar-refractivity contribution in [3.63, 3.8) is 0 Å². The second-order valence-electron chi connectivity index (χ2n) is 10.1. The minimum Gasteiger partial charge on any atom is -0.0942 e. The second kappa shape index (κ2) is 31.7. The topological polar surface area (TPSA) is 0 Å². The Hall–Kier alpha value is 0.700. The van der Waals surface area contributed by atoms with Crippen molar-refractivity contribution in [2.24, 2.45) is 0 Å². The zero-order valence-corrected chi connectivity index (χ0v) is 24.2. The third kappa shape index (κ3) is 30.7. The first kappa shape index (κ1) is 32.7. The molecule has 0 nitrogen and oxygen atoms in total. The van der Waals surface area contributed by atoms with E-state index in [1.54, 1.807) is 0 Å². The Balaban J connectivity index is 2.98. The van der Waals surface area contributed by atoms with Crippen LogP contribution in [0.15, 0.2) is 0 Å². The predicted octanol–water partition coefficient (Wildman–Crippen LogP) is 12.6. The van der Waals surface area contributed by atoms with Gasteiger partial charge in [-0.3, -0.25) is 0 Å². The van der Waals surface area contributed by atoms with Crippen LogP contribution in [0.4, 0.5) is 0 Å². The van der Waals surface area contributed by atoms with Crippen molar-refractivity contribution in [1.29, 1.82) is 0 Å². The lowest BCUT2D eigenvalue weighted by Crippen LogP contribution is -1.85. The fraction of sp³-hybridized carbons (Fsp3) is 1.00. The maximum absolute atomic E-state index is 2.30. The van der Waals surface area contributed by atoms with Crippen LogP contribution in [0.25, 0.3) is 0 Å². The summed E-state index contributed by atoms with van der Waals surface area (Å²) < 4.78 is 0. The van der Waals surface area contributed by atoms with E-state index < -0.39 is 0 Å². The van der Waals surface area contributed by atoms with Crippen molar-refractivity contribution in [3.8, 4) is 0 Å². The van der Waals surface area contributed by atoms with Crippen molar-refractivity contribution in [3.05, 3.63) is 0 Å². The summed E-state index contributed by atoms with van der Waals surface area (Å²) in [5.74, 6) is 2.75. The van der Waals surface area contributed by atoms with Gasteiger partial charge >= 0.3 is 0 Å². The largest absolute Gasteiger partial charge is 0.0942 e. The van der Waals surface area contributed by atoms with Crippen LogP contribution in [0.2, 0.25) is 0 Å². The standard InChI is InChI=1S/C30H62S2/c1-3-5-7-9-11-13-15-16-17-18-20-22-24-26-28-30-32-31-29-27-25-23-21-19-14-12-10-8-6-4-2/h3-30H2,1-2H3. The monoisotopic (exact) mass is 486 g/mol. The van der Waals surface area contributed by atoms with Gasteiger partial charge in [-0.15, -0.1) is 0 Å². The van der Waals surface area contributed by atoms with Gasteiger partial charge in [-0.2, -0.15) is 0 Å². The van der Waals surface area contributed by atoms with Gasteiger partial charge in [0.25, 0.3) is 0 Å². The highest BCUT2D eigenvalue weighted by atomic mass is 33.1. The summed E-state index contributed by atoms with van der Waals surface area (Å²) in [5.41, 5.74) is 0. The van der Waals surface area contributed by atoms with Crippen LogP contribution in [-0.4, -0.2) is 11.5 Å². The Kier molecular flexibility index (Phi) is 32.4. The van der Waals surface area contributed by atoms with E-state index in [0.717, 1.165) is 0 Å². The quantitative estimate of drug-likeness (QED) is 0.0761. The molecule has 0 unspecified atom stereocenters. The highest BCUT2D eigenvalue weighted by Crippen LogP contribution is 2.25. The van der Waals surface area contributed by atoms with Gasteiger partial charge in [0.1, 0.15) is 0 Å². The van der Waals surface area contributed by atoms with Gasteiger partial charge in [-0.25, -0.2) is 0 Å². The Morgan fingerprint density at radius 3 is 0.656 bits per heavy atom. The van der Waals surface area contributed by atoms with Crippen LogP contribution in [0, 0.1) is 0 Å². The molecule has 0 fully saturated rings. The first-order chi connectivity index (χ1) is 15.9. The Labute approximate surface area is 213 Å². The van der Waals surface area contributed by atoms with Crippen LogP contribution in [0.1, 0.15) is 181 Å². The lowest BCUT2D eigenvalue weighted by atomic mass is 10.0. The molecule has 0 aromatic rings. The normalized spacial score (nSPS) is 11.4. The van der Waals surface area contributed by atoms with Gasteiger partial charge in [0.15, 0.2) is 0 Å². The molecule has 0 radical (unpaired) electrons. The molecule has 0 N–H and O–H groups in total. The zero-order chi connectivity index (χ0) is 23.2. The van der Waals surface area contributed by atoms with Crippen molar-refractivity contribution in [1.82, 2.24) is 0 Å². The van der Waals surface area contributed by atoms with Crippen molar-refractivity contribution in [2.45, 2.75) is 181 Å². The molecule has 0 amide bonds. The maximum Gasteiger partial charge on any atom is 0.00369 e. The van der Waals surface area contributed by atoms with E-state index >= 15 is 0 Å². The molecule has 0 aliphatic heterocycles. The van der Waals surface area contributed by atoms with E-state index in [4.69, 9.17) is 0 Å². The van der Waals surface area contributed by atoms with E-state index in [1.165, 1.54) is 178 Å². The Bertz CT molecular complexity index is 275. The van der Waals surface area contributed by atoms with E-state index in [1.807, 2.05) is 0 Å². The van der Waals surface area contributed by atoms with Crippen LogP contribution < -0.4 is 0 Å². The molecule has 0 saturated carbocycles. The molecule has 0 atom stereocenters. The fourth-order valence-corrected chi connectivity index (χ4v) is 6.77. The van der Waals surface area contributed by atoms with Gasteiger partial charge in [-0.1, -0.05) is 190 Å². The molecule has 0 heterocycles. The first-order valence-corrected chi connectivity index (χ1v) is 17.6. The zero-order valence-electron chi connectivity index (χ0n) is 22.6. The smallest absolute Gasteiger partial charge is 0.00369 e. The molecule has 0 bridgehead atoms. The molecule has 0 aromatic heterocycles. The molecule has 2 heteroatoms. The van der Waals surface area contributed by atoms with Gasteiger partial charge in [-0.05, 0) is 12.8 Å². The third-order valence-corrected chi connectivity index (χ3v) is 9.32. The van der Waals surface area contributed by atoms with Crippen LogP contribution >= 0.6 is 21.6 Å². The first-order valence-electron chi connectivity index (χ1n) is 15.2. The molecule has 0 rings (SSSR count). The van der Waals surface area contributed by atoms with E-state index in [-0.39, 0.29) is 0 Å². The van der Waals surface area contributed by atoms with Gasteiger partial charge in [0.2, 0.25) is 0 Å². The lowest BCUT2D eigenvalue weighted by Gasteiger charge is -2.04. The number of unbranched alkanes of at least 4 members (excludes halogenated alkanes) is 24. The van der Waals surface area contributed by atoms with Crippen molar-refractivity contribution in [2.75, 3.05) is 11.5 Å². The van der Waals surface area contributed by atoms with Gasteiger partial charge < -0.3 is 0 Å². The molecule has 0 aliphatic rings. The molecule has 0 spiro atoms. The van der Waals surface area contributed by atoms with Crippen LogP contribution in [0.5, 0.6) is 0 Å². The number of hydrogen-bond donors (Lipinski definition) is 0. The number of hydrogen-bond acceptors (Lipinski definition) is 2. The summed E-state index contributed by atoms with van der Waals surface area (Å²) in [6.45, 7) is 4.61. The summed E-state index contributed by atoms with van der Waals surface area (Å²) in [7, 11) is 4.27.